The van der Waals surface area contributed by atoms with E-state index in [1.807, 2.05) is 30.3 Å². The summed E-state index contributed by atoms with van der Waals surface area (Å²) in [6.07, 6.45) is 0. The second-order valence-corrected chi connectivity index (χ2v) is 3.82. The molecule has 0 heterocycles. The summed E-state index contributed by atoms with van der Waals surface area (Å²) in [4.78, 5) is 10.7. The SMILES string of the molecule is Cl.NC(c1ccccc1)c1ccc(C(=O)O)cc1. The van der Waals surface area contributed by atoms with E-state index in [4.69, 9.17) is 10.8 Å². The minimum atomic E-state index is -0.926. The van der Waals surface area contributed by atoms with Crippen LogP contribution in [-0.4, -0.2) is 11.1 Å². The van der Waals surface area contributed by atoms with Gasteiger partial charge in [0.15, 0.2) is 0 Å². The Morgan fingerprint density at radius 3 is 1.94 bits per heavy atom. The minimum Gasteiger partial charge on any atom is -0.478 e. The van der Waals surface area contributed by atoms with Crippen molar-refractivity contribution in [3.05, 3.63) is 71.3 Å². The third-order valence-electron chi connectivity index (χ3n) is 2.68. The molecule has 0 saturated heterocycles. The zero-order chi connectivity index (χ0) is 12.3. The van der Waals surface area contributed by atoms with Crippen molar-refractivity contribution in [2.75, 3.05) is 0 Å². The van der Waals surface area contributed by atoms with E-state index in [0.29, 0.717) is 0 Å². The number of benzene rings is 2. The highest BCUT2D eigenvalue weighted by Gasteiger charge is 2.09. The van der Waals surface area contributed by atoms with Gasteiger partial charge in [-0.05, 0) is 23.3 Å². The molecule has 4 heteroatoms. The van der Waals surface area contributed by atoms with Crippen LogP contribution >= 0.6 is 12.4 Å². The smallest absolute Gasteiger partial charge is 0.335 e. The Hall–Kier alpha value is -1.84. The number of carbonyl (C=O) groups is 1. The van der Waals surface area contributed by atoms with E-state index in [0.717, 1.165) is 11.1 Å². The fraction of sp³-hybridized carbons (Fsp3) is 0.0714. The molecule has 3 nitrogen and oxygen atoms in total. The average Bonchev–Trinajstić information content (AvgIpc) is 2.39. The lowest BCUT2D eigenvalue weighted by molar-refractivity contribution is 0.0697. The highest BCUT2D eigenvalue weighted by molar-refractivity contribution is 5.87. The van der Waals surface area contributed by atoms with Crippen LogP contribution in [-0.2, 0) is 0 Å². The van der Waals surface area contributed by atoms with Gasteiger partial charge in [-0.15, -0.1) is 12.4 Å². The molecule has 0 amide bonds. The Morgan fingerprint density at radius 2 is 1.44 bits per heavy atom. The molecule has 0 bridgehead atoms. The van der Waals surface area contributed by atoms with Crippen molar-refractivity contribution in [2.24, 2.45) is 5.73 Å². The number of nitrogens with two attached hydrogens (primary N) is 1. The quantitative estimate of drug-likeness (QED) is 0.895. The fourth-order valence-electron chi connectivity index (χ4n) is 1.69. The Kier molecular flexibility index (Phi) is 4.89. The Bertz CT molecular complexity index is 511. The maximum atomic E-state index is 10.7. The van der Waals surface area contributed by atoms with Gasteiger partial charge in [-0.1, -0.05) is 42.5 Å². The van der Waals surface area contributed by atoms with Crippen LogP contribution in [0, 0.1) is 0 Å². The lowest BCUT2D eigenvalue weighted by atomic mass is 9.99. The molecular weight excluding hydrogens is 250 g/mol. The first-order valence-corrected chi connectivity index (χ1v) is 5.32. The van der Waals surface area contributed by atoms with Crippen LogP contribution in [0.5, 0.6) is 0 Å². The van der Waals surface area contributed by atoms with Gasteiger partial charge in [0.2, 0.25) is 0 Å². The molecule has 2 aromatic rings. The molecule has 2 aromatic carbocycles. The van der Waals surface area contributed by atoms with E-state index in [2.05, 4.69) is 0 Å². The summed E-state index contributed by atoms with van der Waals surface area (Å²) in [6.45, 7) is 0. The predicted octanol–water partition coefficient (Wildman–Crippen LogP) is 2.85. The number of rotatable bonds is 3. The van der Waals surface area contributed by atoms with Gasteiger partial charge < -0.3 is 10.8 Å². The second-order valence-electron chi connectivity index (χ2n) is 3.82. The van der Waals surface area contributed by atoms with Gasteiger partial charge in [-0.3, -0.25) is 0 Å². The van der Waals surface area contributed by atoms with Gasteiger partial charge in [0.05, 0.1) is 11.6 Å². The molecule has 0 aliphatic carbocycles. The molecule has 0 aromatic heterocycles. The van der Waals surface area contributed by atoms with E-state index in [-0.39, 0.29) is 24.0 Å². The minimum absolute atomic E-state index is 0. The molecular formula is C14H14ClNO2. The molecule has 0 radical (unpaired) electrons. The largest absolute Gasteiger partial charge is 0.478 e. The van der Waals surface area contributed by atoms with E-state index in [9.17, 15) is 4.79 Å². The van der Waals surface area contributed by atoms with Gasteiger partial charge >= 0.3 is 5.97 Å². The van der Waals surface area contributed by atoms with Gasteiger partial charge in [0, 0.05) is 0 Å². The summed E-state index contributed by atoms with van der Waals surface area (Å²) in [5.74, 6) is -0.926. The topological polar surface area (TPSA) is 63.3 Å². The van der Waals surface area contributed by atoms with Gasteiger partial charge in [-0.2, -0.15) is 0 Å². The first-order chi connectivity index (χ1) is 8.18. The number of hydrogen-bond donors (Lipinski definition) is 2. The zero-order valence-corrected chi connectivity index (χ0v) is 10.4. The number of carboxylic acid groups (broad SMARTS) is 1. The second kappa shape index (κ2) is 6.19. The summed E-state index contributed by atoms with van der Waals surface area (Å²) in [5, 5.41) is 8.80. The summed E-state index contributed by atoms with van der Waals surface area (Å²) >= 11 is 0. The maximum absolute atomic E-state index is 10.7. The summed E-state index contributed by atoms with van der Waals surface area (Å²) in [7, 11) is 0. The Morgan fingerprint density at radius 1 is 0.944 bits per heavy atom. The van der Waals surface area contributed by atoms with Crippen molar-refractivity contribution in [2.45, 2.75) is 6.04 Å². The molecule has 3 N–H and O–H groups in total. The zero-order valence-electron chi connectivity index (χ0n) is 9.61. The molecule has 0 fully saturated rings. The normalized spacial score (nSPS) is 11.4. The van der Waals surface area contributed by atoms with Crippen LogP contribution in [0.1, 0.15) is 27.5 Å². The van der Waals surface area contributed by atoms with E-state index < -0.39 is 5.97 Å². The van der Waals surface area contributed by atoms with Crippen LogP contribution in [0.2, 0.25) is 0 Å². The third-order valence-corrected chi connectivity index (χ3v) is 2.68. The molecule has 2 rings (SSSR count). The maximum Gasteiger partial charge on any atom is 0.335 e. The number of carboxylic acids is 1. The lowest BCUT2D eigenvalue weighted by Gasteiger charge is -2.12. The monoisotopic (exact) mass is 263 g/mol. The third kappa shape index (κ3) is 3.09. The standard InChI is InChI=1S/C14H13NO2.ClH/c15-13(10-4-2-1-3-5-10)11-6-8-12(9-7-11)14(16)17;/h1-9,13H,15H2,(H,16,17);1H. The van der Waals surface area contributed by atoms with Gasteiger partial charge in [0.1, 0.15) is 0 Å². The molecule has 18 heavy (non-hydrogen) atoms. The number of hydrogen-bond acceptors (Lipinski definition) is 2. The van der Waals surface area contributed by atoms with Crippen molar-refractivity contribution >= 4 is 18.4 Å². The summed E-state index contributed by atoms with van der Waals surface area (Å²) < 4.78 is 0. The van der Waals surface area contributed by atoms with Crippen molar-refractivity contribution in [1.82, 2.24) is 0 Å². The summed E-state index contributed by atoms with van der Waals surface area (Å²) in [5.41, 5.74) is 8.28. The molecule has 0 aliphatic heterocycles. The Balaban J connectivity index is 0.00000162. The molecule has 94 valence electrons. The van der Waals surface area contributed by atoms with Crippen LogP contribution in [0.3, 0.4) is 0 Å². The van der Waals surface area contributed by atoms with Crippen LogP contribution in [0.15, 0.2) is 54.6 Å². The molecule has 0 spiro atoms. The first-order valence-electron chi connectivity index (χ1n) is 5.32. The average molecular weight is 264 g/mol. The van der Waals surface area contributed by atoms with E-state index >= 15 is 0 Å². The first kappa shape index (κ1) is 14.2. The van der Waals surface area contributed by atoms with Gasteiger partial charge in [0.25, 0.3) is 0 Å². The number of halogens is 1. The van der Waals surface area contributed by atoms with Crippen molar-refractivity contribution < 1.29 is 9.90 Å². The number of aromatic carboxylic acids is 1. The predicted molar refractivity (Wildman–Crippen MR) is 73.1 cm³/mol. The van der Waals surface area contributed by atoms with E-state index in [1.54, 1.807) is 24.3 Å². The van der Waals surface area contributed by atoms with Crippen LogP contribution in [0.25, 0.3) is 0 Å². The Labute approximate surface area is 112 Å². The molecule has 1 atom stereocenters. The highest BCUT2D eigenvalue weighted by Crippen LogP contribution is 2.19. The highest BCUT2D eigenvalue weighted by atomic mass is 35.5. The van der Waals surface area contributed by atoms with Crippen molar-refractivity contribution in [1.29, 1.82) is 0 Å². The molecule has 0 aliphatic rings. The fourth-order valence-corrected chi connectivity index (χ4v) is 1.69. The van der Waals surface area contributed by atoms with Crippen molar-refractivity contribution in [3.8, 4) is 0 Å². The lowest BCUT2D eigenvalue weighted by Crippen LogP contribution is -2.11. The molecule has 0 saturated carbocycles. The molecule has 1 unspecified atom stereocenters. The van der Waals surface area contributed by atoms with E-state index in [1.165, 1.54) is 0 Å². The van der Waals surface area contributed by atoms with Gasteiger partial charge in [-0.25, -0.2) is 4.79 Å². The van der Waals surface area contributed by atoms with Crippen LogP contribution in [0.4, 0.5) is 0 Å². The van der Waals surface area contributed by atoms with Crippen LogP contribution < -0.4 is 5.73 Å². The van der Waals surface area contributed by atoms with Crippen molar-refractivity contribution in [3.63, 3.8) is 0 Å². The summed E-state index contributed by atoms with van der Waals surface area (Å²) in [6, 6.07) is 16.1.